The fraction of sp³-hybridized carbons (Fsp3) is 0.438. The Morgan fingerprint density at radius 3 is 2.62 bits per heavy atom. The molecule has 21 heavy (non-hydrogen) atoms. The van der Waals surface area contributed by atoms with Crippen molar-refractivity contribution in [1.29, 1.82) is 0 Å². The van der Waals surface area contributed by atoms with Gasteiger partial charge in [0.05, 0.1) is 11.4 Å². The highest BCUT2D eigenvalue weighted by Crippen LogP contribution is 2.24. The summed E-state index contributed by atoms with van der Waals surface area (Å²) < 4.78 is 29.1. The van der Waals surface area contributed by atoms with Gasteiger partial charge in [-0.15, -0.1) is 0 Å². The topological polar surface area (TPSA) is 29.9 Å². The van der Waals surface area contributed by atoms with Crippen LogP contribution in [-0.2, 0) is 19.4 Å². The zero-order chi connectivity index (χ0) is 15.0. The van der Waals surface area contributed by atoms with Crippen LogP contribution in [0.5, 0.6) is 0 Å². The second-order valence-electron chi connectivity index (χ2n) is 5.91. The molecule has 0 spiro atoms. The highest BCUT2D eigenvalue weighted by Gasteiger charge is 2.21. The monoisotopic (exact) mass is 291 g/mol. The zero-order valence-electron chi connectivity index (χ0n) is 12.3. The molecule has 0 bridgehead atoms. The minimum atomic E-state index is -0.558. The Labute approximate surface area is 123 Å². The van der Waals surface area contributed by atoms with Crippen molar-refractivity contribution in [2.75, 3.05) is 6.54 Å². The van der Waals surface area contributed by atoms with Gasteiger partial charge in [0.1, 0.15) is 17.5 Å². The Balaban J connectivity index is 2.16. The van der Waals surface area contributed by atoms with Crippen LogP contribution in [0.2, 0.25) is 0 Å². The van der Waals surface area contributed by atoms with Crippen molar-refractivity contribution >= 4 is 0 Å². The predicted octanol–water partition coefficient (Wildman–Crippen LogP) is 2.99. The van der Waals surface area contributed by atoms with E-state index in [4.69, 9.17) is 0 Å². The Morgan fingerprint density at radius 2 is 1.95 bits per heavy atom. The van der Waals surface area contributed by atoms with E-state index in [-0.39, 0.29) is 0 Å². The van der Waals surface area contributed by atoms with Gasteiger partial charge in [0.15, 0.2) is 0 Å². The molecule has 2 aromatic rings. The molecule has 1 N–H and O–H groups in total. The van der Waals surface area contributed by atoms with E-state index in [1.54, 1.807) is 0 Å². The molecule has 0 amide bonds. The number of aromatic nitrogens is 2. The largest absolute Gasteiger partial charge is 0.311 e. The second-order valence-corrected chi connectivity index (χ2v) is 5.91. The summed E-state index contributed by atoms with van der Waals surface area (Å²) >= 11 is 0. The maximum Gasteiger partial charge on any atom is 0.128 e. The maximum absolute atomic E-state index is 13.6. The third-order valence-corrected chi connectivity index (χ3v) is 3.65. The van der Waals surface area contributed by atoms with Gasteiger partial charge in [0, 0.05) is 37.7 Å². The molecular weight excluding hydrogens is 272 g/mol. The minimum absolute atomic E-state index is 0.430. The van der Waals surface area contributed by atoms with Crippen LogP contribution in [0, 0.1) is 17.6 Å². The quantitative estimate of drug-likeness (QED) is 0.942. The van der Waals surface area contributed by atoms with Gasteiger partial charge in [-0.2, -0.15) is 0 Å². The number of imidazole rings is 1. The third kappa shape index (κ3) is 2.83. The van der Waals surface area contributed by atoms with Crippen molar-refractivity contribution in [3.05, 3.63) is 47.0 Å². The van der Waals surface area contributed by atoms with Crippen LogP contribution in [0.15, 0.2) is 18.2 Å². The molecule has 0 saturated heterocycles. The Kier molecular flexibility index (Phi) is 3.76. The lowest BCUT2D eigenvalue weighted by atomic mass is 10.1. The smallest absolute Gasteiger partial charge is 0.128 e. The van der Waals surface area contributed by atoms with Crippen LogP contribution >= 0.6 is 0 Å². The lowest BCUT2D eigenvalue weighted by molar-refractivity contribution is 0.576. The Morgan fingerprint density at radius 1 is 1.24 bits per heavy atom. The van der Waals surface area contributed by atoms with Crippen molar-refractivity contribution in [1.82, 2.24) is 14.9 Å². The summed E-state index contributed by atoms with van der Waals surface area (Å²) in [6.07, 6.45) is 1.60. The van der Waals surface area contributed by atoms with Crippen molar-refractivity contribution in [3.63, 3.8) is 0 Å². The molecule has 0 fully saturated rings. The average Bonchev–Trinajstić information content (AvgIpc) is 2.74. The Hall–Kier alpha value is -1.75. The van der Waals surface area contributed by atoms with E-state index >= 15 is 0 Å². The lowest BCUT2D eigenvalue weighted by Gasteiger charge is -2.17. The van der Waals surface area contributed by atoms with E-state index in [0.717, 1.165) is 42.7 Å². The summed E-state index contributed by atoms with van der Waals surface area (Å²) in [6, 6.07) is 3.64. The molecule has 112 valence electrons. The van der Waals surface area contributed by atoms with Crippen LogP contribution in [0.4, 0.5) is 8.78 Å². The Bertz CT molecular complexity index is 642. The van der Waals surface area contributed by atoms with Crippen molar-refractivity contribution in [2.45, 2.75) is 33.2 Å². The first-order valence-electron chi connectivity index (χ1n) is 7.31. The van der Waals surface area contributed by atoms with E-state index in [9.17, 15) is 8.78 Å². The molecule has 2 heterocycles. The molecule has 5 heteroatoms. The molecule has 1 aromatic carbocycles. The van der Waals surface area contributed by atoms with E-state index in [1.807, 2.05) is 4.57 Å². The van der Waals surface area contributed by atoms with Gasteiger partial charge in [-0.3, -0.25) is 0 Å². The van der Waals surface area contributed by atoms with Crippen LogP contribution in [-0.4, -0.2) is 16.1 Å². The summed E-state index contributed by atoms with van der Waals surface area (Å²) in [5.41, 5.74) is 2.58. The molecule has 3 nitrogen and oxygen atoms in total. The van der Waals surface area contributed by atoms with Gasteiger partial charge >= 0.3 is 0 Å². The van der Waals surface area contributed by atoms with Gasteiger partial charge < -0.3 is 9.88 Å². The number of benzene rings is 1. The molecule has 0 aliphatic carbocycles. The number of nitrogens with zero attached hydrogens (tertiary/aromatic N) is 2. The van der Waals surface area contributed by atoms with Gasteiger partial charge in [-0.1, -0.05) is 13.8 Å². The van der Waals surface area contributed by atoms with Crippen LogP contribution in [0.1, 0.15) is 31.1 Å². The highest BCUT2D eigenvalue weighted by atomic mass is 19.1. The fourth-order valence-corrected chi connectivity index (χ4v) is 2.84. The third-order valence-electron chi connectivity index (χ3n) is 3.65. The summed E-state index contributed by atoms with van der Waals surface area (Å²) in [5.74, 6) is 0.191. The highest BCUT2D eigenvalue weighted by molar-refractivity contribution is 5.39. The van der Waals surface area contributed by atoms with Crippen LogP contribution in [0.3, 0.4) is 0 Å². The van der Waals surface area contributed by atoms with Gasteiger partial charge in [-0.05, 0) is 18.1 Å². The van der Waals surface area contributed by atoms with Crippen molar-refractivity contribution in [3.8, 4) is 5.69 Å². The lowest BCUT2D eigenvalue weighted by Crippen LogP contribution is -2.24. The molecule has 1 aliphatic heterocycles. The predicted molar refractivity (Wildman–Crippen MR) is 77.4 cm³/mol. The molecule has 3 rings (SSSR count). The number of fused-ring (bicyclic) bond motifs is 1. The van der Waals surface area contributed by atoms with E-state index in [2.05, 4.69) is 24.1 Å². The van der Waals surface area contributed by atoms with Crippen LogP contribution < -0.4 is 5.32 Å². The van der Waals surface area contributed by atoms with E-state index < -0.39 is 11.6 Å². The first-order valence-corrected chi connectivity index (χ1v) is 7.31. The first kappa shape index (κ1) is 14.2. The zero-order valence-corrected chi connectivity index (χ0v) is 12.3. The van der Waals surface area contributed by atoms with Crippen molar-refractivity contribution in [2.24, 2.45) is 5.92 Å². The summed E-state index contributed by atoms with van der Waals surface area (Å²) in [7, 11) is 0. The molecule has 0 unspecified atom stereocenters. The summed E-state index contributed by atoms with van der Waals surface area (Å²) in [5, 5.41) is 3.29. The molecule has 0 saturated carbocycles. The molecule has 0 atom stereocenters. The SMILES string of the molecule is CC(C)Cc1nc2c(n1-c1cc(F)cc(F)c1)CCNC2. The normalized spacial score (nSPS) is 14.5. The summed E-state index contributed by atoms with van der Waals surface area (Å²) in [6.45, 7) is 5.80. The van der Waals surface area contributed by atoms with Crippen LogP contribution in [0.25, 0.3) is 5.69 Å². The molecular formula is C16H19F2N3. The maximum atomic E-state index is 13.6. The second kappa shape index (κ2) is 5.56. The van der Waals surface area contributed by atoms with E-state index in [1.165, 1.54) is 12.1 Å². The number of rotatable bonds is 3. The summed E-state index contributed by atoms with van der Waals surface area (Å²) in [4.78, 5) is 4.68. The fourth-order valence-electron chi connectivity index (χ4n) is 2.84. The first-order chi connectivity index (χ1) is 10.0. The van der Waals surface area contributed by atoms with Crippen molar-refractivity contribution < 1.29 is 8.78 Å². The number of halogens is 2. The van der Waals surface area contributed by atoms with E-state index in [0.29, 0.717) is 18.2 Å². The molecule has 1 aromatic heterocycles. The minimum Gasteiger partial charge on any atom is -0.311 e. The molecule has 1 aliphatic rings. The van der Waals surface area contributed by atoms with Gasteiger partial charge in [0.25, 0.3) is 0 Å². The van der Waals surface area contributed by atoms with Gasteiger partial charge in [-0.25, -0.2) is 13.8 Å². The number of hydrogen-bond acceptors (Lipinski definition) is 2. The number of hydrogen-bond donors (Lipinski definition) is 1. The van der Waals surface area contributed by atoms with Gasteiger partial charge in [0.2, 0.25) is 0 Å². The molecule has 0 radical (unpaired) electrons. The standard InChI is InChI=1S/C16H19F2N3/c1-10(2)5-16-20-14-9-19-4-3-15(14)21(16)13-7-11(17)6-12(18)8-13/h6-8,10,19H,3-5,9H2,1-2H3. The average molecular weight is 291 g/mol. The number of nitrogens with one attached hydrogen (secondary N) is 1.